The lowest BCUT2D eigenvalue weighted by Crippen LogP contribution is -2.83. The zero-order valence-electron chi connectivity index (χ0n) is 25.9. The topological polar surface area (TPSA) is 133 Å². The third-order valence-electron chi connectivity index (χ3n) is 10.6. The van der Waals surface area contributed by atoms with Gasteiger partial charge in [0.1, 0.15) is 0 Å². The average molecular weight is 751 g/mol. The second kappa shape index (κ2) is 9.32. The van der Waals surface area contributed by atoms with Crippen molar-refractivity contribution in [2.24, 2.45) is 0 Å². The Hall–Kier alpha value is 1.26. The first-order valence-corrected chi connectivity index (χ1v) is 33.4. The van der Waals surface area contributed by atoms with Crippen molar-refractivity contribution >= 4 is 69.9 Å². The molecule has 12 nitrogen and oxygen atoms in total. The van der Waals surface area contributed by atoms with Gasteiger partial charge in [-0.3, -0.25) is 0 Å². The van der Waals surface area contributed by atoms with Gasteiger partial charge >= 0.3 is 61.6 Å². The molecule has 4 atom stereocenters. The Bertz CT molecular complexity index is 1180. The summed E-state index contributed by atoms with van der Waals surface area (Å²) in [5.74, 6) is 0. The zero-order valence-corrected chi connectivity index (χ0v) is 33.9. The molecule has 0 aromatic carbocycles. The maximum absolute atomic E-state index is 12.7. The van der Waals surface area contributed by atoms with Crippen LogP contribution in [0.2, 0.25) is 58.4 Å². The van der Waals surface area contributed by atoms with Crippen LogP contribution in [-0.4, -0.2) is 79.5 Å². The largest absolute Gasteiger partial charge is 0.486 e. The predicted molar refractivity (Wildman–Crippen MR) is 170 cm³/mol. The van der Waals surface area contributed by atoms with Gasteiger partial charge in [0.25, 0.3) is 0 Å². The lowest BCUT2D eigenvalue weighted by Gasteiger charge is -2.58. The van der Waals surface area contributed by atoms with Crippen LogP contribution in [0, 0.1) is 0 Å². The van der Waals surface area contributed by atoms with Crippen LogP contribution < -0.4 is 0 Å². The molecule has 7 aliphatic carbocycles. The van der Waals surface area contributed by atoms with Crippen LogP contribution in [0.1, 0.15) is 89.9 Å². The summed E-state index contributed by atoms with van der Waals surface area (Å²) in [4.78, 5) is 25.4. The summed E-state index contributed by atoms with van der Waals surface area (Å²) in [6, 6.07) is 0. The molecule has 3 heterocycles. The fraction of sp³-hybridized carbons (Fsp3) is 1.00. The monoisotopic (exact) mass is 750 g/mol. The highest BCUT2D eigenvalue weighted by Crippen LogP contribution is 2.67. The summed E-state index contributed by atoms with van der Waals surface area (Å²) in [6.45, 7) is 6.51. The molecule has 20 heteroatoms. The van der Waals surface area contributed by atoms with Crippen molar-refractivity contribution in [1.82, 2.24) is 0 Å². The highest BCUT2D eigenvalue weighted by atomic mass is 28.6. The van der Waals surface area contributed by atoms with Crippen LogP contribution in [-0.2, 0) is 41.2 Å². The lowest BCUT2D eigenvalue weighted by molar-refractivity contribution is 0.00507. The van der Waals surface area contributed by atoms with E-state index in [1.165, 1.54) is 0 Å². The second-order valence-corrected chi connectivity index (χ2v) is 43.0. The van der Waals surface area contributed by atoms with Crippen molar-refractivity contribution in [3.05, 3.63) is 0 Å². The molecule has 0 radical (unpaired) electrons. The van der Waals surface area contributed by atoms with Gasteiger partial charge in [0.2, 0.25) is 0 Å². The molecular formula is C24H46O12Si8. The average Bonchev–Trinajstić information content (AvgIpc) is 3.72. The van der Waals surface area contributed by atoms with E-state index in [-0.39, 0.29) is 38.8 Å². The minimum Gasteiger partial charge on any atom is -0.417 e. The quantitative estimate of drug-likeness (QED) is 0.316. The first-order chi connectivity index (χ1) is 20.8. The van der Waals surface area contributed by atoms with E-state index >= 15 is 0 Å². The third kappa shape index (κ3) is 5.00. The highest BCUT2D eigenvalue weighted by molar-refractivity contribution is 7.01. The van der Waals surface area contributed by atoms with E-state index in [1.54, 1.807) is 0 Å². The molecule has 0 aromatic rings. The molecule has 0 spiro atoms. The van der Waals surface area contributed by atoms with Crippen LogP contribution >= 0.6 is 0 Å². The Morgan fingerprint density at radius 2 is 0.682 bits per heavy atom. The summed E-state index contributed by atoms with van der Waals surface area (Å²) in [6.07, 6.45) is 12.3. The Kier molecular flexibility index (Phi) is 6.38. The van der Waals surface area contributed by atoms with Gasteiger partial charge < -0.3 is 50.7 Å². The summed E-state index contributed by atoms with van der Waals surface area (Å²) in [7, 11) is -28.8. The number of hydrogen-bond acceptors (Lipinski definition) is 12. The maximum atomic E-state index is 12.7. The van der Waals surface area contributed by atoms with Crippen molar-refractivity contribution in [3.63, 3.8) is 0 Å². The lowest BCUT2D eigenvalue weighted by atomic mass is 11.0. The van der Waals surface area contributed by atoms with Crippen molar-refractivity contribution < 1.29 is 50.7 Å². The molecule has 3 saturated heterocycles. The Balaban J connectivity index is 1.22. The van der Waals surface area contributed by atoms with Gasteiger partial charge in [-0.15, -0.1) is 0 Å². The standard InChI is InChI=1S/C24H46O12Si8/c1-37(2,3)27-40(20-8-9-20)32-42(22-12-13-22)30-38(25,18-4-5-18)28-41(21-10-11-21)29-39(26,19-6-7-19)31-43(33-40,23-14-15-23)36-44(34-41,35-42)24-16-17-24/h18-26H,4-17H2,1-3H3. The van der Waals surface area contributed by atoms with Crippen LogP contribution in [0.15, 0.2) is 0 Å². The Labute approximate surface area is 268 Å². The second-order valence-electron chi connectivity index (χ2n) is 16.3. The van der Waals surface area contributed by atoms with Crippen LogP contribution in [0.25, 0.3) is 0 Å². The van der Waals surface area contributed by atoms with Gasteiger partial charge in [-0.2, -0.15) is 0 Å². The molecule has 0 amide bonds. The molecule has 10 fully saturated rings. The predicted octanol–water partition coefficient (Wildman–Crippen LogP) is 4.73. The molecule has 2 N–H and O–H groups in total. The van der Waals surface area contributed by atoms with Gasteiger partial charge in [-0.05, 0) is 110 Å². The van der Waals surface area contributed by atoms with E-state index in [4.69, 9.17) is 41.2 Å². The normalized spacial score (nSPS) is 53.4. The summed E-state index contributed by atoms with van der Waals surface area (Å²) in [5.41, 5.74) is -0.0952. The van der Waals surface area contributed by atoms with Crippen LogP contribution in [0.3, 0.4) is 0 Å². The van der Waals surface area contributed by atoms with Gasteiger partial charge in [-0.1, -0.05) is 0 Å². The fourth-order valence-electron chi connectivity index (χ4n) is 7.25. The highest BCUT2D eigenvalue weighted by Gasteiger charge is 2.86. The summed E-state index contributed by atoms with van der Waals surface area (Å²) >= 11 is 0. The number of fused-ring (bicyclic) bond motifs is 3. The fourth-order valence-corrected chi connectivity index (χ4v) is 53.2. The van der Waals surface area contributed by atoms with E-state index < -0.39 is 69.9 Å². The van der Waals surface area contributed by atoms with Gasteiger partial charge in [0, 0.05) is 38.8 Å². The van der Waals surface area contributed by atoms with Crippen LogP contribution in [0.5, 0.6) is 0 Å². The molecule has 10 rings (SSSR count). The maximum Gasteiger partial charge on any atom is 0.486 e. The molecule has 0 aromatic heterocycles. The van der Waals surface area contributed by atoms with Gasteiger partial charge in [0.15, 0.2) is 8.32 Å². The molecule has 7 saturated carbocycles. The molecule has 3 aliphatic heterocycles. The first-order valence-electron chi connectivity index (χ1n) is 17.3. The number of rotatable bonds is 9. The molecule has 10 aliphatic rings. The minimum atomic E-state index is -3.99. The van der Waals surface area contributed by atoms with E-state index in [0.717, 1.165) is 89.9 Å². The van der Waals surface area contributed by atoms with Crippen molar-refractivity contribution in [2.45, 2.75) is 148 Å². The van der Waals surface area contributed by atoms with E-state index in [9.17, 15) is 9.59 Å². The first kappa shape index (κ1) is 30.1. The van der Waals surface area contributed by atoms with E-state index in [2.05, 4.69) is 19.6 Å². The third-order valence-corrected chi connectivity index (χ3v) is 45.9. The van der Waals surface area contributed by atoms with E-state index in [0.29, 0.717) is 0 Å². The van der Waals surface area contributed by atoms with Gasteiger partial charge in [0.05, 0.1) is 0 Å². The van der Waals surface area contributed by atoms with E-state index in [1.807, 2.05) is 0 Å². The molecule has 246 valence electrons. The molecule has 44 heavy (non-hydrogen) atoms. The van der Waals surface area contributed by atoms with Crippen molar-refractivity contribution in [2.75, 3.05) is 0 Å². The SMILES string of the molecule is C[Si](C)(C)O[Si]1(C2CC2)O[Si]2(C3CC3)O[Si](O)(C3CC3)O[Si]3(C4CC4)O[Si](O)(C4CC4)O[Si](C4CC4)(O1)O[Si](C1CC1)(O3)O2. The minimum absolute atomic E-state index is 0.0221. The Morgan fingerprint density at radius 3 is 0.955 bits per heavy atom. The van der Waals surface area contributed by atoms with Gasteiger partial charge in [-0.25, -0.2) is 0 Å². The zero-order chi connectivity index (χ0) is 30.0. The molecule has 4 unspecified atom stereocenters. The number of hydrogen-bond donors (Lipinski definition) is 2. The van der Waals surface area contributed by atoms with Crippen molar-refractivity contribution in [1.29, 1.82) is 0 Å². The van der Waals surface area contributed by atoms with Crippen LogP contribution in [0.4, 0.5) is 0 Å². The summed E-state index contributed by atoms with van der Waals surface area (Å²) in [5, 5.41) is 0. The molecular weight excluding hydrogens is 705 g/mol. The molecule has 4 bridgehead atoms. The Morgan fingerprint density at radius 1 is 0.409 bits per heavy atom. The van der Waals surface area contributed by atoms with Crippen molar-refractivity contribution in [3.8, 4) is 0 Å². The smallest absolute Gasteiger partial charge is 0.417 e. The summed E-state index contributed by atoms with van der Waals surface area (Å²) < 4.78 is 73.6.